The van der Waals surface area contributed by atoms with Crippen molar-refractivity contribution in [3.8, 4) is 0 Å². The number of anilines is 1. The minimum absolute atomic E-state index is 0.171. The summed E-state index contributed by atoms with van der Waals surface area (Å²) in [7, 11) is 0. The van der Waals surface area contributed by atoms with Crippen LogP contribution in [0.2, 0.25) is 0 Å². The fourth-order valence-electron chi connectivity index (χ4n) is 2.51. The summed E-state index contributed by atoms with van der Waals surface area (Å²) < 4.78 is 0. The van der Waals surface area contributed by atoms with Crippen molar-refractivity contribution >= 4 is 23.4 Å². The van der Waals surface area contributed by atoms with Crippen LogP contribution in [0.25, 0.3) is 0 Å². The maximum atomic E-state index is 12.1. The number of para-hydroxylation sites is 1. The third-order valence-corrected chi connectivity index (χ3v) is 4.33. The highest BCUT2D eigenvalue weighted by atomic mass is 32.2. The van der Waals surface area contributed by atoms with E-state index in [0.29, 0.717) is 18.4 Å². The van der Waals surface area contributed by atoms with E-state index < -0.39 is 0 Å². The van der Waals surface area contributed by atoms with E-state index in [1.807, 2.05) is 12.1 Å². The molecule has 2 atom stereocenters. The van der Waals surface area contributed by atoms with Crippen molar-refractivity contribution in [2.75, 3.05) is 23.9 Å². The fourth-order valence-corrected chi connectivity index (χ4v) is 3.23. The molecule has 1 heterocycles. The van der Waals surface area contributed by atoms with Crippen LogP contribution in [-0.2, 0) is 4.79 Å². The van der Waals surface area contributed by atoms with Gasteiger partial charge in [-0.2, -0.15) is 11.8 Å². The normalized spacial score (nSPS) is 18.5. The molecule has 4 heteroatoms. The number of thioether (sulfide) groups is 1. The van der Waals surface area contributed by atoms with Gasteiger partial charge in [-0.05, 0) is 24.3 Å². The molecule has 0 bridgehead atoms. The van der Waals surface area contributed by atoms with E-state index in [0.717, 1.165) is 18.7 Å². The summed E-state index contributed by atoms with van der Waals surface area (Å²) in [5, 5.41) is 6.50. The highest BCUT2D eigenvalue weighted by Crippen LogP contribution is 2.33. The molecule has 0 radical (unpaired) electrons. The molecule has 1 aliphatic rings. The monoisotopic (exact) mass is 278 g/mol. The van der Waals surface area contributed by atoms with Crippen LogP contribution in [0.4, 0.5) is 5.69 Å². The smallest absolute Gasteiger partial charge is 0.220 e. The molecule has 1 amide bonds. The Kier molecular flexibility index (Phi) is 5.14. The predicted octanol–water partition coefficient (Wildman–Crippen LogP) is 2.84. The molecule has 19 heavy (non-hydrogen) atoms. The third kappa shape index (κ3) is 3.66. The van der Waals surface area contributed by atoms with Crippen LogP contribution in [0.5, 0.6) is 0 Å². The zero-order valence-electron chi connectivity index (χ0n) is 11.6. The number of amides is 1. The first-order chi connectivity index (χ1) is 9.24. The molecule has 0 fully saturated rings. The Labute approximate surface area is 119 Å². The van der Waals surface area contributed by atoms with E-state index in [2.05, 4.69) is 35.9 Å². The van der Waals surface area contributed by atoms with Gasteiger partial charge in [-0.15, -0.1) is 0 Å². The molecule has 0 aliphatic carbocycles. The Morgan fingerprint density at radius 3 is 3.05 bits per heavy atom. The summed E-state index contributed by atoms with van der Waals surface area (Å²) >= 11 is 1.78. The average molecular weight is 278 g/mol. The van der Waals surface area contributed by atoms with Gasteiger partial charge in [-0.1, -0.05) is 25.1 Å². The molecule has 0 aromatic heterocycles. The minimum atomic E-state index is 0.171. The van der Waals surface area contributed by atoms with Crippen molar-refractivity contribution in [3.05, 3.63) is 29.8 Å². The lowest BCUT2D eigenvalue weighted by molar-refractivity contribution is -0.122. The lowest BCUT2D eigenvalue weighted by Gasteiger charge is -2.17. The maximum Gasteiger partial charge on any atom is 0.220 e. The van der Waals surface area contributed by atoms with Crippen molar-refractivity contribution in [2.24, 2.45) is 0 Å². The van der Waals surface area contributed by atoms with Gasteiger partial charge >= 0.3 is 0 Å². The van der Waals surface area contributed by atoms with Gasteiger partial charge < -0.3 is 10.6 Å². The number of fused-ring (bicyclic) bond motifs is 1. The predicted molar refractivity (Wildman–Crippen MR) is 82.9 cm³/mol. The molecule has 2 N–H and O–H groups in total. The number of rotatable bonds is 6. The topological polar surface area (TPSA) is 41.1 Å². The van der Waals surface area contributed by atoms with Gasteiger partial charge in [0.2, 0.25) is 5.91 Å². The minimum Gasteiger partial charge on any atom is -0.384 e. The van der Waals surface area contributed by atoms with Crippen molar-refractivity contribution in [3.63, 3.8) is 0 Å². The fraction of sp³-hybridized carbons (Fsp3) is 0.533. The second-order valence-corrected chi connectivity index (χ2v) is 5.91. The third-order valence-electron chi connectivity index (χ3n) is 3.60. The SMILES string of the molecule is CCC(CSC)NC(=O)CC1CNc2ccccc21. The van der Waals surface area contributed by atoms with Gasteiger partial charge in [0.25, 0.3) is 0 Å². The van der Waals surface area contributed by atoms with E-state index in [4.69, 9.17) is 0 Å². The number of nitrogens with one attached hydrogen (secondary N) is 2. The summed E-state index contributed by atoms with van der Waals surface area (Å²) in [6.07, 6.45) is 3.65. The van der Waals surface area contributed by atoms with E-state index in [1.165, 1.54) is 11.3 Å². The number of hydrogen-bond donors (Lipinski definition) is 2. The summed E-state index contributed by atoms with van der Waals surface area (Å²) in [5.41, 5.74) is 2.45. The first-order valence-corrected chi connectivity index (χ1v) is 8.25. The van der Waals surface area contributed by atoms with E-state index >= 15 is 0 Å². The lowest BCUT2D eigenvalue weighted by Crippen LogP contribution is -2.36. The van der Waals surface area contributed by atoms with E-state index in [1.54, 1.807) is 11.8 Å². The summed E-state index contributed by atoms with van der Waals surface area (Å²) in [5.74, 6) is 1.47. The number of hydrogen-bond acceptors (Lipinski definition) is 3. The van der Waals surface area contributed by atoms with E-state index in [-0.39, 0.29) is 5.91 Å². The van der Waals surface area contributed by atoms with Crippen molar-refractivity contribution in [1.82, 2.24) is 5.32 Å². The summed E-state index contributed by atoms with van der Waals surface area (Å²) in [4.78, 5) is 12.1. The standard InChI is InChI=1S/C15H22N2OS/c1-3-12(10-19-2)17-15(18)8-11-9-16-14-7-5-4-6-13(11)14/h4-7,11-12,16H,3,8-10H2,1-2H3,(H,17,18). The highest BCUT2D eigenvalue weighted by molar-refractivity contribution is 7.98. The Morgan fingerprint density at radius 2 is 2.32 bits per heavy atom. The molecule has 1 aromatic carbocycles. The average Bonchev–Trinajstić information content (AvgIpc) is 2.82. The van der Waals surface area contributed by atoms with Gasteiger partial charge in [0, 0.05) is 36.4 Å². The molecule has 104 valence electrons. The van der Waals surface area contributed by atoms with Gasteiger partial charge in [-0.25, -0.2) is 0 Å². The van der Waals surface area contributed by atoms with Crippen LogP contribution in [0.15, 0.2) is 24.3 Å². The molecule has 2 rings (SSSR count). The Morgan fingerprint density at radius 1 is 1.53 bits per heavy atom. The van der Waals surface area contributed by atoms with Gasteiger partial charge in [0.05, 0.1) is 0 Å². The van der Waals surface area contributed by atoms with Crippen molar-refractivity contribution in [1.29, 1.82) is 0 Å². The highest BCUT2D eigenvalue weighted by Gasteiger charge is 2.24. The first-order valence-electron chi connectivity index (χ1n) is 6.85. The molecule has 1 aromatic rings. The zero-order valence-corrected chi connectivity index (χ0v) is 12.4. The Balaban J connectivity index is 1.90. The molecular weight excluding hydrogens is 256 g/mol. The van der Waals surface area contributed by atoms with Crippen LogP contribution in [0.3, 0.4) is 0 Å². The van der Waals surface area contributed by atoms with Gasteiger partial charge in [0.1, 0.15) is 0 Å². The number of benzene rings is 1. The number of carbonyl (C=O) groups excluding carboxylic acids is 1. The summed E-state index contributed by atoms with van der Waals surface area (Å²) in [6, 6.07) is 8.56. The van der Waals surface area contributed by atoms with Crippen LogP contribution in [-0.4, -0.2) is 30.5 Å². The molecule has 0 saturated heterocycles. The molecular formula is C15H22N2OS. The molecule has 0 saturated carbocycles. The van der Waals surface area contributed by atoms with Crippen LogP contribution in [0, 0.1) is 0 Å². The van der Waals surface area contributed by atoms with Crippen LogP contribution < -0.4 is 10.6 Å². The van der Waals surface area contributed by atoms with Crippen LogP contribution >= 0.6 is 11.8 Å². The lowest BCUT2D eigenvalue weighted by atomic mass is 9.97. The molecule has 1 aliphatic heterocycles. The number of carbonyl (C=O) groups is 1. The van der Waals surface area contributed by atoms with Crippen molar-refractivity contribution in [2.45, 2.75) is 31.7 Å². The maximum absolute atomic E-state index is 12.1. The Hall–Kier alpha value is -1.16. The van der Waals surface area contributed by atoms with Gasteiger partial charge in [-0.3, -0.25) is 4.79 Å². The molecule has 3 nitrogen and oxygen atoms in total. The van der Waals surface area contributed by atoms with E-state index in [9.17, 15) is 4.79 Å². The largest absolute Gasteiger partial charge is 0.384 e. The first kappa shape index (κ1) is 14.3. The molecule has 2 unspecified atom stereocenters. The summed E-state index contributed by atoms with van der Waals surface area (Å²) in [6.45, 7) is 2.99. The van der Waals surface area contributed by atoms with Crippen molar-refractivity contribution < 1.29 is 4.79 Å². The van der Waals surface area contributed by atoms with Gasteiger partial charge in [0.15, 0.2) is 0 Å². The van der Waals surface area contributed by atoms with Crippen LogP contribution in [0.1, 0.15) is 31.2 Å². The second-order valence-electron chi connectivity index (χ2n) is 5.00. The quantitative estimate of drug-likeness (QED) is 0.840. The Bertz CT molecular complexity index is 436. The second kappa shape index (κ2) is 6.85. The zero-order chi connectivity index (χ0) is 13.7. The molecule has 0 spiro atoms.